The van der Waals surface area contributed by atoms with Crippen LogP contribution in [-0.4, -0.2) is 11.9 Å². The topological polar surface area (TPSA) is 98.2 Å². The summed E-state index contributed by atoms with van der Waals surface area (Å²) in [6.45, 7) is 1.89. The molecule has 0 spiro atoms. The molecule has 1 aromatic carbocycles. The fourth-order valence-corrected chi connectivity index (χ4v) is 1.41. The third-order valence-corrected chi connectivity index (χ3v) is 2.26. The monoisotopic (exact) mass is 221 g/mol. The first-order chi connectivity index (χ1) is 7.49. The van der Waals surface area contributed by atoms with E-state index >= 15 is 0 Å². The van der Waals surface area contributed by atoms with Crippen molar-refractivity contribution in [1.29, 1.82) is 0 Å². The van der Waals surface area contributed by atoms with Crippen molar-refractivity contribution in [2.24, 2.45) is 5.73 Å². The van der Waals surface area contributed by atoms with Crippen molar-refractivity contribution >= 4 is 17.6 Å². The Balaban J connectivity index is 2.58. The van der Waals surface area contributed by atoms with E-state index in [1.807, 2.05) is 24.4 Å². The van der Waals surface area contributed by atoms with Crippen molar-refractivity contribution in [3.05, 3.63) is 29.8 Å². The molecule has 1 unspecified atom stereocenters. The number of imide groups is 1. The van der Waals surface area contributed by atoms with Gasteiger partial charge in [-0.15, -0.1) is 0 Å². The number of nitrogens with two attached hydrogens (primary N) is 2. The number of primary amides is 1. The number of hydrogen-bond donors (Lipinski definition) is 3. The second kappa shape index (κ2) is 5.16. The van der Waals surface area contributed by atoms with E-state index in [1.165, 1.54) is 0 Å². The predicted octanol–water partition coefficient (Wildman–Crippen LogP) is 0.957. The molecule has 1 atom stereocenters. The summed E-state index contributed by atoms with van der Waals surface area (Å²) in [5.41, 5.74) is 12.1. The van der Waals surface area contributed by atoms with Crippen LogP contribution in [0.3, 0.4) is 0 Å². The number of amides is 3. The van der Waals surface area contributed by atoms with Crippen molar-refractivity contribution in [3.8, 4) is 0 Å². The third kappa shape index (κ3) is 3.61. The lowest BCUT2D eigenvalue weighted by molar-refractivity contribution is -0.120. The lowest BCUT2D eigenvalue weighted by Crippen LogP contribution is -2.35. The first-order valence-corrected chi connectivity index (χ1v) is 4.93. The molecule has 0 heterocycles. The van der Waals surface area contributed by atoms with Crippen LogP contribution in [0.15, 0.2) is 24.3 Å². The van der Waals surface area contributed by atoms with E-state index in [4.69, 9.17) is 11.5 Å². The van der Waals surface area contributed by atoms with Crippen molar-refractivity contribution < 1.29 is 9.59 Å². The quantitative estimate of drug-likeness (QED) is 0.663. The SMILES string of the molecule is CC(CC(=O)NC(N)=O)c1ccc(N)cc1. The van der Waals surface area contributed by atoms with Gasteiger partial charge in [-0.2, -0.15) is 0 Å². The van der Waals surface area contributed by atoms with Crippen LogP contribution >= 0.6 is 0 Å². The Labute approximate surface area is 93.8 Å². The summed E-state index contributed by atoms with van der Waals surface area (Å²) in [5.74, 6) is -0.364. The zero-order chi connectivity index (χ0) is 12.1. The molecule has 0 radical (unpaired) electrons. The van der Waals surface area contributed by atoms with Crippen LogP contribution in [0, 0.1) is 0 Å². The fourth-order valence-electron chi connectivity index (χ4n) is 1.41. The Bertz CT molecular complexity index is 387. The molecule has 0 saturated carbocycles. The van der Waals surface area contributed by atoms with Gasteiger partial charge in [-0.05, 0) is 23.6 Å². The second-order valence-electron chi connectivity index (χ2n) is 3.68. The molecule has 5 N–H and O–H groups in total. The van der Waals surface area contributed by atoms with Gasteiger partial charge in [0.15, 0.2) is 0 Å². The molecule has 0 aliphatic rings. The highest BCUT2D eigenvalue weighted by atomic mass is 16.2. The van der Waals surface area contributed by atoms with Gasteiger partial charge in [-0.3, -0.25) is 10.1 Å². The normalized spacial score (nSPS) is 11.8. The van der Waals surface area contributed by atoms with Crippen molar-refractivity contribution in [2.75, 3.05) is 5.73 Å². The molecule has 3 amide bonds. The highest BCUT2D eigenvalue weighted by Gasteiger charge is 2.12. The molecule has 0 aromatic heterocycles. The minimum absolute atomic E-state index is 0.0138. The molecule has 0 bridgehead atoms. The maximum absolute atomic E-state index is 11.3. The van der Waals surface area contributed by atoms with Crippen LogP contribution in [0.2, 0.25) is 0 Å². The number of hydrogen-bond acceptors (Lipinski definition) is 3. The van der Waals surface area contributed by atoms with Crippen molar-refractivity contribution in [2.45, 2.75) is 19.3 Å². The number of nitrogens with one attached hydrogen (secondary N) is 1. The first kappa shape index (κ1) is 12.0. The van der Waals surface area contributed by atoms with Crippen molar-refractivity contribution in [3.63, 3.8) is 0 Å². The van der Waals surface area contributed by atoms with E-state index in [0.717, 1.165) is 5.56 Å². The molecule has 0 aliphatic carbocycles. The van der Waals surface area contributed by atoms with Crippen LogP contribution in [0.1, 0.15) is 24.8 Å². The summed E-state index contributed by atoms with van der Waals surface area (Å²) in [5, 5.41) is 2.03. The largest absolute Gasteiger partial charge is 0.399 e. The van der Waals surface area contributed by atoms with Gasteiger partial charge in [-0.1, -0.05) is 19.1 Å². The summed E-state index contributed by atoms with van der Waals surface area (Å²) in [4.78, 5) is 21.7. The van der Waals surface area contributed by atoms with Gasteiger partial charge >= 0.3 is 6.03 Å². The lowest BCUT2D eigenvalue weighted by atomic mass is 9.97. The number of anilines is 1. The molecular weight excluding hydrogens is 206 g/mol. The van der Waals surface area contributed by atoms with Gasteiger partial charge in [0.2, 0.25) is 5.91 Å². The van der Waals surface area contributed by atoms with Crippen molar-refractivity contribution in [1.82, 2.24) is 5.32 Å². The van der Waals surface area contributed by atoms with Crippen LogP contribution < -0.4 is 16.8 Å². The third-order valence-electron chi connectivity index (χ3n) is 2.26. The van der Waals surface area contributed by atoms with Crippen LogP contribution in [-0.2, 0) is 4.79 Å². The average molecular weight is 221 g/mol. The Morgan fingerprint density at radius 2 is 1.88 bits per heavy atom. The maximum Gasteiger partial charge on any atom is 0.318 e. The van der Waals surface area contributed by atoms with Gasteiger partial charge in [0, 0.05) is 12.1 Å². The smallest absolute Gasteiger partial charge is 0.318 e. The van der Waals surface area contributed by atoms with Gasteiger partial charge in [-0.25, -0.2) is 4.79 Å². The zero-order valence-electron chi connectivity index (χ0n) is 9.07. The molecule has 86 valence electrons. The van der Waals surface area contributed by atoms with E-state index in [0.29, 0.717) is 5.69 Å². The number of urea groups is 1. The Hall–Kier alpha value is -2.04. The van der Waals surface area contributed by atoms with Gasteiger partial charge in [0.05, 0.1) is 0 Å². The van der Waals surface area contributed by atoms with Crippen LogP contribution in [0.25, 0.3) is 0 Å². The standard InChI is InChI=1S/C11H15N3O2/c1-7(6-10(15)14-11(13)16)8-2-4-9(12)5-3-8/h2-5,7H,6,12H2,1H3,(H3,13,14,15,16). The molecule has 1 rings (SSSR count). The summed E-state index contributed by atoms with van der Waals surface area (Å²) in [7, 11) is 0. The molecule has 0 fully saturated rings. The molecule has 5 nitrogen and oxygen atoms in total. The van der Waals surface area contributed by atoms with E-state index in [1.54, 1.807) is 12.1 Å². The van der Waals surface area contributed by atoms with Gasteiger partial charge < -0.3 is 11.5 Å². The number of carbonyl (C=O) groups is 2. The molecular formula is C11H15N3O2. The molecule has 0 saturated heterocycles. The van der Waals surface area contributed by atoms with Gasteiger partial charge in [0.1, 0.15) is 0 Å². The molecule has 0 aliphatic heterocycles. The number of rotatable bonds is 3. The number of nitrogen functional groups attached to an aromatic ring is 1. The minimum atomic E-state index is -0.825. The summed E-state index contributed by atoms with van der Waals surface area (Å²) >= 11 is 0. The van der Waals surface area contributed by atoms with E-state index in [9.17, 15) is 9.59 Å². The molecule has 1 aromatic rings. The average Bonchev–Trinajstić information content (AvgIpc) is 2.16. The van der Waals surface area contributed by atoms with E-state index < -0.39 is 6.03 Å². The Morgan fingerprint density at radius 3 is 2.38 bits per heavy atom. The predicted molar refractivity (Wildman–Crippen MR) is 61.6 cm³/mol. The Morgan fingerprint density at radius 1 is 1.31 bits per heavy atom. The second-order valence-corrected chi connectivity index (χ2v) is 3.68. The number of carbonyl (C=O) groups excluding carboxylic acids is 2. The summed E-state index contributed by atoms with van der Waals surface area (Å²) in [6, 6.07) is 6.44. The fraction of sp³-hybridized carbons (Fsp3) is 0.273. The molecule has 5 heteroatoms. The van der Waals surface area contributed by atoms with E-state index in [2.05, 4.69) is 0 Å². The minimum Gasteiger partial charge on any atom is -0.399 e. The Kier molecular flexibility index (Phi) is 3.88. The number of benzene rings is 1. The maximum atomic E-state index is 11.3. The summed E-state index contributed by atoms with van der Waals surface area (Å²) < 4.78 is 0. The van der Waals surface area contributed by atoms with Crippen LogP contribution in [0.4, 0.5) is 10.5 Å². The first-order valence-electron chi connectivity index (χ1n) is 4.93. The van der Waals surface area contributed by atoms with Crippen LogP contribution in [0.5, 0.6) is 0 Å². The molecule has 16 heavy (non-hydrogen) atoms. The zero-order valence-corrected chi connectivity index (χ0v) is 9.07. The van der Waals surface area contributed by atoms with E-state index in [-0.39, 0.29) is 18.2 Å². The summed E-state index contributed by atoms with van der Waals surface area (Å²) in [6.07, 6.45) is 0.215. The van der Waals surface area contributed by atoms with Gasteiger partial charge in [0.25, 0.3) is 0 Å². The highest BCUT2D eigenvalue weighted by Crippen LogP contribution is 2.19. The highest BCUT2D eigenvalue weighted by molar-refractivity contribution is 5.93. The lowest BCUT2D eigenvalue weighted by Gasteiger charge is -2.11.